The lowest BCUT2D eigenvalue weighted by molar-refractivity contribution is -0.141. The highest BCUT2D eigenvalue weighted by Gasteiger charge is 2.35. The van der Waals surface area contributed by atoms with Crippen LogP contribution in [0.4, 0.5) is 0 Å². The van der Waals surface area contributed by atoms with Crippen molar-refractivity contribution in [2.24, 2.45) is 5.92 Å². The Kier molecular flexibility index (Phi) is 5.74. The lowest BCUT2D eigenvalue weighted by Crippen LogP contribution is -2.50. The largest absolute Gasteiger partial charge is 0.354 e. The molecule has 6 heteroatoms. The number of carbonyl (C=O) groups excluding carboxylic acids is 3. The maximum Gasteiger partial charge on any atom is 0.224 e. The zero-order valence-electron chi connectivity index (χ0n) is 14.5. The summed E-state index contributed by atoms with van der Waals surface area (Å²) in [5.74, 6) is 0.353. The van der Waals surface area contributed by atoms with Gasteiger partial charge in [0, 0.05) is 45.1 Å². The van der Waals surface area contributed by atoms with Gasteiger partial charge < -0.3 is 15.1 Å². The number of hydrogen-bond acceptors (Lipinski definition) is 3. The van der Waals surface area contributed by atoms with Crippen molar-refractivity contribution in [1.29, 1.82) is 0 Å². The molecule has 1 aliphatic carbocycles. The molecule has 0 aromatic rings. The van der Waals surface area contributed by atoms with E-state index in [4.69, 9.17) is 0 Å². The minimum Gasteiger partial charge on any atom is -0.354 e. The van der Waals surface area contributed by atoms with Crippen LogP contribution in [0.25, 0.3) is 0 Å². The van der Waals surface area contributed by atoms with Crippen LogP contribution in [0.2, 0.25) is 0 Å². The zero-order valence-corrected chi connectivity index (χ0v) is 14.5. The highest BCUT2D eigenvalue weighted by Crippen LogP contribution is 2.28. The Morgan fingerprint density at radius 1 is 1.00 bits per heavy atom. The number of piperidine rings is 2. The smallest absolute Gasteiger partial charge is 0.224 e. The van der Waals surface area contributed by atoms with Crippen LogP contribution in [0.3, 0.4) is 0 Å². The van der Waals surface area contributed by atoms with Gasteiger partial charge in [0.2, 0.25) is 17.7 Å². The summed E-state index contributed by atoms with van der Waals surface area (Å²) >= 11 is 0. The minimum atomic E-state index is -0.0969. The number of hydrogen-bond donors (Lipinski definition) is 1. The van der Waals surface area contributed by atoms with E-state index in [0.29, 0.717) is 44.9 Å². The second-order valence-electron chi connectivity index (χ2n) is 7.35. The molecule has 0 unspecified atom stereocenters. The molecule has 3 fully saturated rings. The molecule has 2 aliphatic heterocycles. The maximum absolute atomic E-state index is 12.4. The first-order valence-corrected chi connectivity index (χ1v) is 9.50. The summed E-state index contributed by atoms with van der Waals surface area (Å²) in [5.41, 5.74) is 0. The molecular formula is C18H29N3O3. The molecule has 2 heterocycles. The second kappa shape index (κ2) is 7.99. The molecule has 1 saturated carbocycles. The van der Waals surface area contributed by atoms with Crippen molar-refractivity contribution in [1.82, 2.24) is 15.1 Å². The van der Waals surface area contributed by atoms with Gasteiger partial charge in [-0.3, -0.25) is 14.4 Å². The summed E-state index contributed by atoms with van der Waals surface area (Å²) in [6.07, 6.45) is 8.35. The van der Waals surface area contributed by atoms with Gasteiger partial charge in [0.1, 0.15) is 0 Å². The van der Waals surface area contributed by atoms with E-state index in [9.17, 15) is 14.4 Å². The molecule has 3 amide bonds. The van der Waals surface area contributed by atoms with E-state index in [1.807, 2.05) is 9.80 Å². The van der Waals surface area contributed by atoms with E-state index in [1.54, 1.807) is 0 Å². The Labute approximate surface area is 143 Å². The first-order valence-electron chi connectivity index (χ1n) is 9.50. The van der Waals surface area contributed by atoms with Crippen molar-refractivity contribution in [2.45, 2.75) is 63.8 Å². The molecule has 0 bridgehead atoms. The summed E-state index contributed by atoms with van der Waals surface area (Å²) in [7, 11) is 0. The Hall–Kier alpha value is -1.59. The van der Waals surface area contributed by atoms with E-state index < -0.39 is 0 Å². The Balaban J connectivity index is 1.44. The van der Waals surface area contributed by atoms with Crippen molar-refractivity contribution in [3.05, 3.63) is 0 Å². The summed E-state index contributed by atoms with van der Waals surface area (Å²) in [6.45, 7) is 2.49. The molecule has 6 nitrogen and oxygen atoms in total. The normalized spacial score (nSPS) is 26.1. The quantitative estimate of drug-likeness (QED) is 0.823. The van der Waals surface area contributed by atoms with Crippen LogP contribution in [0.5, 0.6) is 0 Å². The Morgan fingerprint density at radius 3 is 2.54 bits per heavy atom. The third kappa shape index (κ3) is 4.08. The molecule has 0 spiro atoms. The minimum absolute atomic E-state index is 0.0370. The first kappa shape index (κ1) is 17.2. The lowest BCUT2D eigenvalue weighted by Gasteiger charge is -2.36. The molecule has 0 aromatic heterocycles. The van der Waals surface area contributed by atoms with E-state index in [0.717, 1.165) is 32.2 Å². The number of rotatable bonds is 5. The van der Waals surface area contributed by atoms with Crippen LogP contribution in [-0.2, 0) is 14.4 Å². The lowest BCUT2D eigenvalue weighted by atomic mass is 9.95. The van der Waals surface area contributed by atoms with Gasteiger partial charge in [0.05, 0.1) is 5.92 Å². The van der Waals surface area contributed by atoms with Crippen LogP contribution in [0, 0.1) is 5.92 Å². The van der Waals surface area contributed by atoms with Gasteiger partial charge >= 0.3 is 0 Å². The molecule has 2 saturated heterocycles. The molecule has 3 rings (SSSR count). The highest BCUT2D eigenvalue weighted by molar-refractivity contribution is 5.84. The second-order valence-corrected chi connectivity index (χ2v) is 7.35. The average molecular weight is 335 g/mol. The number of likely N-dealkylation sites (tertiary alicyclic amines) is 2. The van der Waals surface area contributed by atoms with Crippen LogP contribution in [0.1, 0.15) is 57.8 Å². The Bertz CT molecular complexity index is 488. The summed E-state index contributed by atoms with van der Waals surface area (Å²) in [5, 5.41) is 2.98. The summed E-state index contributed by atoms with van der Waals surface area (Å²) in [6, 6.07) is 0.346. The molecule has 0 aromatic carbocycles. The third-order valence-electron chi connectivity index (χ3n) is 5.68. The van der Waals surface area contributed by atoms with E-state index in [-0.39, 0.29) is 23.6 Å². The maximum atomic E-state index is 12.4. The van der Waals surface area contributed by atoms with Crippen LogP contribution in [0.15, 0.2) is 0 Å². The van der Waals surface area contributed by atoms with Gasteiger partial charge in [-0.15, -0.1) is 0 Å². The average Bonchev–Trinajstić information content (AvgIpc) is 3.11. The van der Waals surface area contributed by atoms with Crippen molar-refractivity contribution in [3.63, 3.8) is 0 Å². The van der Waals surface area contributed by atoms with E-state index in [2.05, 4.69) is 5.32 Å². The first-order chi connectivity index (χ1) is 11.6. The van der Waals surface area contributed by atoms with E-state index in [1.165, 1.54) is 12.8 Å². The molecule has 0 radical (unpaired) electrons. The fourth-order valence-electron chi connectivity index (χ4n) is 4.21. The SMILES string of the molecule is O=C(NCCN1CCCCC1=O)[C@@H]1CCC(=O)N(C2CCCC2)C1. The van der Waals surface area contributed by atoms with Crippen molar-refractivity contribution >= 4 is 17.7 Å². The monoisotopic (exact) mass is 335 g/mol. The number of carbonyl (C=O) groups is 3. The molecule has 1 atom stereocenters. The fraction of sp³-hybridized carbons (Fsp3) is 0.833. The van der Waals surface area contributed by atoms with Crippen LogP contribution < -0.4 is 5.32 Å². The van der Waals surface area contributed by atoms with Gasteiger partial charge in [-0.25, -0.2) is 0 Å². The molecule has 24 heavy (non-hydrogen) atoms. The molecule has 1 N–H and O–H groups in total. The van der Waals surface area contributed by atoms with Gasteiger partial charge in [-0.1, -0.05) is 12.8 Å². The predicted molar refractivity (Wildman–Crippen MR) is 90.1 cm³/mol. The van der Waals surface area contributed by atoms with Gasteiger partial charge in [0.25, 0.3) is 0 Å². The molecular weight excluding hydrogens is 306 g/mol. The third-order valence-corrected chi connectivity index (χ3v) is 5.68. The highest BCUT2D eigenvalue weighted by atomic mass is 16.2. The van der Waals surface area contributed by atoms with Crippen molar-refractivity contribution < 1.29 is 14.4 Å². The van der Waals surface area contributed by atoms with Crippen LogP contribution >= 0.6 is 0 Å². The zero-order chi connectivity index (χ0) is 16.9. The number of nitrogens with zero attached hydrogens (tertiary/aromatic N) is 2. The number of amides is 3. The van der Waals surface area contributed by atoms with Crippen LogP contribution in [-0.4, -0.2) is 59.7 Å². The van der Waals surface area contributed by atoms with E-state index >= 15 is 0 Å². The number of nitrogens with one attached hydrogen (secondary N) is 1. The Morgan fingerprint density at radius 2 is 1.79 bits per heavy atom. The fourth-order valence-corrected chi connectivity index (χ4v) is 4.21. The van der Waals surface area contributed by atoms with Crippen molar-refractivity contribution in [3.8, 4) is 0 Å². The van der Waals surface area contributed by atoms with Gasteiger partial charge in [-0.05, 0) is 32.1 Å². The summed E-state index contributed by atoms with van der Waals surface area (Å²) in [4.78, 5) is 40.2. The van der Waals surface area contributed by atoms with Crippen molar-refractivity contribution in [2.75, 3.05) is 26.2 Å². The van der Waals surface area contributed by atoms with Gasteiger partial charge in [0.15, 0.2) is 0 Å². The summed E-state index contributed by atoms with van der Waals surface area (Å²) < 4.78 is 0. The topological polar surface area (TPSA) is 69.7 Å². The molecule has 3 aliphatic rings. The van der Waals surface area contributed by atoms with Gasteiger partial charge in [-0.2, -0.15) is 0 Å². The predicted octanol–water partition coefficient (Wildman–Crippen LogP) is 1.30. The standard InChI is InChI=1S/C18H29N3O3/c22-16-7-3-4-11-20(16)12-10-19-18(24)14-8-9-17(23)21(13-14)15-5-1-2-6-15/h14-15H,1-13H2,(H,19,24)/t14-/m1/s1. The molecule has 134 valence electrons.